The lowest BCUT2D eigenvalue weighted by atomic mass is 9.88. The highest BCUT2D eigenvalue weighted by atomic mass is 15.4. The van der Waals surface area contributed by atoms with Gasteiger partial charge in [-0.3, -0.25) is 0 Å². The molecule has 17 heavy (non-hydrogen) atoms. The van der Waals surface area contributed by atoms with E-state index < -0.39 is 0 Å². The molecule has 90 valence electrons. The van der Waals surface area contributed by atoms with Crippen LogP contribution in [0.15, 0.2) is 34.4 Å². The molecular formula is C13H18N4. The number of hydrazone groups is 1. The Morgan fingerprint density at radius 3 is 2.71 bits per heavy atom. The number of aliphatic imine (C=N–C) groups is 1. The van der Waals surface area contributed by atoms with Crippen LogP contribution in [0, 0.1) is 0 Å². The van der Waals surface area contributed by atoms with Crippen LogP contribution in [0.2, 0.25) is 0 Å². The zero-order valence-electron chi connectivity index (χ0n) is 10.5. The second-order valence-corrected chi connectivity index (χ2v) is 4.36. The van der Waals surface area contributed by atoms with Crippen LogP contribution in [0.3, 0.4) is 0 Å². The number of hydrogen-bond acceptors (Lipinski definition) is 3. The van der Waals surface area contributed by atoms with E-state index in [1.165, 1.54) is 5.56 Å². The molecule has 0 fully saturated rings. The van der Waals surface area contributed by atoms with Crippen LogP contribution >= 0.6 is 0 Å². The predicted octanol–water partition coefficient (Wildman–Crippen LogP) is 1.77. The second kappa shape index (κ2) is 4.57. The van der Waals surface area contributed by atoms with Crippen LogP contribution in [0.25, 0.3) is 0 Å². The van der Waals surface area contributed by atoms with Gasteiger partial charge in [-0.15, -0.1) is 0 Å². The van der Waals surface area contributed by atoms with E-state index in [1.54, 1.807) is 5.01 Å². The van der Waals surface area contributed by atoms with Gasteiger partial charge >= 0.3 is 0 Å². The monoisotopic (exact) mass is 230 g/mol. The Morgan fingerprint density at radius 2 is 2.06 bits per heavy atom. The summed E-state index contributed by atoms with van der Waals surface area (Å²) < 4.78 is 0. The summed E-state index contributed by atoms with van der Waals surface area (Å²) in [4.78, 5) is 4.42. The van der Waals surface area contributed by atoms with Crippen molar-refractivity contribution < 1.29 is 0 Å². The van der Waals surface area contributed by atoms with E-state index in [1.807, 2.05) is 26.2 Å². The molecule has 0 aliphatic carbocycles. The van der Waals surface area contributed by atoms with Crippen molar-refractivity contribution in [2.24, 2.45) is 15.8 Å². The SMILES string of the molecule is CCC1C(N)=N/C(=N\N(C)C)c2ccccc21. The molecule has 1 aliphatic heterocycles. The van der Waals surface area contributed by atoms with Crippen LogP contribution in [-0.2, 0) is 0 Å². The Kier molecular flexibility index (Phi) is 3.13. The topological polar surface area (TPSA) is 54.0 Å². The van der Waals surface area contributed by atoms with Crippen molar-refractivity contribution in [3.63, 3.8) is 0 Å². The molecule has 0 radical (unpaired) electrons. The van der Waals surface area contributed by atoms with Crippen molar-refractivity contribution >= 4 is 11.7 Å². The molecule has 0 bridgehead atoms. The highest BCUT2D eigenvalue weighted by molar-refractivity contribution is 6.12. The zero-order valence-corrected chi connectivity index (χ0v) is 10.5. The molecule has 1 heterocycles. The molecule has 1 aliphatic rings. The van der Waals surface area contributed by atoms with Gasteiger partial charge in [0.2, 0.25) is 0 Å². The summed E-state index contributed by atoms with van der Waals surface area (Å²) >= 11 is 0. The predicted molar refractivity (Wildman–Crippen MR) is 71.3 cm³/mol. The summed E-state index contributed by atoms with van der Waals surface area (Å²) in [5.74, 6) is 1.58. The number of fused-ring (bicyclic) bond motifs is 1. The number of nitrogens with two attached hydrogens (primary N) is 1. The molecule has 0 aromatic heterocycles. The van der Waals surface area contributed by atoms with Gasteiger partial charge in [0.1, 0.15) is 5.84 Å². The maximum Gasteiger partial charge on any atom is 0.181 e. The van der Waals surface area contributed by atoms with Crippen molar-refractivity contribution in [1.29, 1.82) is 0 Å². The first-order valence-electron chi connectivity index (χ1n) is 5.82. The van der Waals surface area contributed by atoms with Crippen molar-refractivity contribution in [3.05, 3.63) is 35.4 Å². The molecule has 1 aromatic carbocycles. The quantitative estimate of drug-likeness (QED) is 0.787. The summed E-state index contributed by atoms with van der Waals surface area (Å²) in [6.07, 6.45) is 0.960. The van der Waals surface area contributed by atoms with Gasteiger partial charge in [0, 0.05) is 25.6 Å². The fourth-order valence-electron chi connectivity index (χ4n) is 2.12. The summed E-state index contributed by atoms with van der Waals surface area (Å²) in [6, 6.07) is 8.20. The summed E-state index contributed by atoms with van der Waals surface area (Å²) in [5.41, 5.74) is 8.33. The van der Waals surface area contributed by atoms with E-state index in [0.29, 0.717) is 11.7 Å². The Bertz CT molecular complexity index is 474. The molecule has 2 rings (SSSR count). The number of nitrogens with zero attached hydrogens (tertiary/aromatic N) is 3. The fourth-order valence-corrected chi connectivity index (χ4v) is 2.12. The Labute approximate surface area is 102 Å². The standard InChI is InChI=1S/C13H18N4/c1-4-9-10-7-5-6-8-11(10)13(15-12(9)14)16-17(2)3/h5-9H,4H2,1-3H3,(H2,14,15,16). The highest BCUT2D eigenvalue weighted by Crippen LogP contribution is 2.28. The lowest BCUT2D eigenvalue weighted by Crippen LogP contribution is -2.29. The molecule has 1 aromatic rings. The molecular weight excluding hydrogens is 212 g/mol. The van der Waals surface area contributed by atoms with Gasteiger partial charge < -0.3 is 10.7 Å². The van der Waals surface area contributed by atoms with Crippen molar-refractivity contribution in [2.75, 3.05) is 14.1 Å². The van der Waals surface area contributed by atoms with E-state index in [2.05, 4.69) is 29.2 Å². The molecule has 2 N–H and O–H groups in total. The van der Waals surface area contributed by atoms with Crippen molar-refractivity contribution in [2.45, 2.75) is 19.3 Å². The number of amidine groups is 2. The third-order valence-corrected chi connectivity index (χ3v) is 2.87. The van der Waals surface area contributed by atoms with Crippen LogP contribution < -0.4 is 5.73 Å². The molecule has 1 unspecified atom stereocenters. The van der Waals surface area contributed by atoms with Gasteiger partial charge in [-0.25, -0.2) is 4.99 Å². The fraction of sp³-hybridized carbons (Fsp3) is 0.385. The van der Waals surface area contributed by atoms with Gasteiger partial charge in [-0.2, -0.15) is 5.10 Å². The number of rotatable bonds is 2. The van der Waals surface area contributed by atoms with Crippen LogP contribution in [0.1, 0.15) is 30.4 Å². The Hall–Kier alpha value is -1.84. The van der Waals surface area contributed by atoms with Gasteiger partial charge in [-0.1, -0.05) is 31.2 Å². The average Bonchev–Trinajstić information content (AvgIpc) is 2.28. The van der Waals surface area contributed by atoms with Crippen LogP contribution in [0.5, 0.6) is 0 Å². The molecule has 0 saturated heterocycles. The maximum atomic E-state index is 6.02. The average molecular weight is 230 g/mol. The van der Waals surface area contributed by atoms with Crippen LogP contribution in [0.4, 0.5) is 0 Å². The molecule has 4 nitrogen and oxygen atoms in total. The number of hydrogen-bond donors (Lipinski definition) is 1. The van der Waals surface area contributed by atoms with Gasteiger partial charge in [0.25, 0.3) is 0 Å². The van der Waals surface area contributed by atoms with E-state index in [4.69, 9.17) is 5.73 Å². The summed E-state index contributed by atoms with van der Waals surface area (Å²) in [7, 11) is 3.76. The minimum Gasteiger partial charge on any atom is -0.387 e. The first-order valence-corrected chi connectivity index (χ1v) is 5.82. The Balaban J connectivity index is 2.56. The minimum atomic E-state index is 0.215. The molecule has 0 saturated carbocycles. The third-order valence-electron chi connectivity index (χ3n) is 2.87. The van der Waals surface area contributed by atoms with Crippen molar-refractivity contribution in [1.82, 2.24) is 5.01 Å². The van der Waals surface area contributed by atoms with Gasteiger partial charge in [-0.05, 0) is 12.0 Å². The maximum absolute atomic E-state index is 6.02. The Morgan fingerprint density at radius 1 is 1.35 bits per heavy atom. The molecule has 1 atom stereocenters. The van der Waals surface area contributed by atoms with E-state index in [-0.39, 0.29) is 5.92 Å². The third kappa shape index (κ3) is 2.16. The normalized spacial score (nSPS) is 21.0. The minimum absolute atomic E-state index is 0.215. The molecule has 0 spiro atoms. The van der Waals surface area contributed by atoms with Crippen molar-refractivity contribution in [3.8, 4) is 0 Å². The molecule has 0 amide bonds. The van der Waals surface area contributed by atoms with Gasteiger partial charge in [0.15, 0.2) is 5.84 Å². The summed E-state index contributed by atoms with van der Waals surface area (Å²) in [5, 5.41) is 6.12. The lowest BCUT2D eigenvalue weighted by Gasteiger charge is -2.23. The highest BCUT2D eigenvalue weighted by Gasteiger charge is 2.24. The lowest BCUT2D eigenvalue weighted by molar-refractivity contribution is 0.437. The second-order valence-electron chi connectivity index (χ2n) is 4.36. The first kappa shape index (κ1) is 11.6. The van der Waals surface area contributed by atoms with E-state index >= 15 is 0 Å². The smallest absolute Gasteiger partial charge is 0.181 e. The molecule has 4 heteroatoms. The zero-order chi connectivity index (χ0) is 12.4. The first-order chi connectivity index (χ1) is 8.13. The van der Waals surface area contributed by atoms with Gasteiger partial charge in [0.05, 0.1) is 0 Å². The number of benzene rings is 1. The summed E-state index contributed by atoms with van der Waals surface area (Å²) in [6.45, 7) is 2.12. The van der Waals surface area contributed by atoms with E-state index in [9.17, 15) is 0 Å². The van der Waals surface area contributed by atoms with E-state index in [0.717, 1.165) is 12.0 Å². The largest absolute Gasteiger partial charge is 0.387 e. The van der Waals surface area contributed by atoms with Crippen LogP contribution in [-0.4, -0.2) is 30.8 Å².